The molecule has 0 N–H and O–H groups in total. The molecule has 0 aliphatic carbocycles. The number of methoxy groups -OCH3 is 1. The molecule has 0 heterocycles. The summed E-state index contributed by atoms with van der Waals surface area (Å²) in [6, 6.07) is 1.63. The molecule has 0 spiro atoms. The van der Waals surface area contributed by atoms with Crippen molar-refractivity contribution in [3.63, 3.8) is 0 Å². The van der Waals surface area contributed by atoms with Crippen LogP contribution in [-0.4, -0.2) is 17.8 Å². The number of nitro groups is 1. The van der Waals surface area contributed by atoms with Gasteiger partial charge in [-0.3, -0.25) is 14.9 Å². The Morgan fingerprint density at radius 2 is 2.06 bits per heavy atom. The van der Waals surface area contributed by atoms with Crippen molar-refractivity contribution < 1.29 is 23.2 Å². The first kappa shape index (κ1) is 13.0. The highest BCUT2D eigenvalue weighted by Crippen LogP contribution is 2.35. The van der Waals surface area contributed by atoms with E-state index in [0.717, 1.165) is 12.1 Å². The van der Waals surface area contributed by atoms with Crippen LogP contribution in [0, 0.1) is 10.1 Å². The number of Topliss-reactive ketones (excluding diaryl/α,β-unsaturated/α-hetero) is 1. The van der Waals surface area contributed by atoms with Crippen LogP contribution in [0.5, 0.6) is 5.75 Å². The summed E-state index contributed by atoms with van der Waals surface area (Å²) in [4.78, 5) is 20.9. The predicted octanol–water partition coefficient (Wildman–Crippen LogP) is 2.74. The van der Waals surface area contributed by atoms with Gasteiger partial charge < -0.3 is 4.74 Å². The van der Waals surface area contributed by atoms with Crippen molar-refractivity contribution in [3.8, 4) is 5.75 Å². The summed E-state index contributed by atoms with van der Waals surface area (Å²) < 4.78 is 29.9. The minimum absolute atomic E-state index is 0.0939. The number of nitro benzene ring substituents is 1. The Labute approximate surface area is 95.2 Å². The van der Waals surface area contributed by atoms with E-state index in [4.69, 9.17) is 4.74 Å². The summed E-state index contributed by atoms with van der Waals surface area (Å²) in [5.74, 6) is -0.593. The number of rotatable bonds is 4. The number of carbonyl (C=O) groups is 1. The maximum Gasteiger partial charge on any atom is 0.279 e. The number of benzene rings is 1. The molecule has 92 valence electrons. The molecule has 0 atom stereocenters. The van der Waals surface area contributed by atoms with E-state index in [1.165, 1.54) is 14.0 Å². The van der Waals surface area contributed by atoms with Crippen molar-refractivity contribution in [3.05, 3.63) is 33.4 Å². The van der Waals surface area contributed by atoms with Gasteiger partial charge in [0.1, 0.15) is 5.75 Å². The summed E-state index contributed by atoms with van der Waals surface area (Å²) in [5, 5.41) is 10.6. The maximum atomic E-state index is 12.6. The van der Waals surface area contributed by atoms with E-state index in [0.29, 0.717) is 0 Å². The van der Waals surface area contributed by atoms with Crippen LogP contribution in [0.25, 0.3) is 0 Å². The van der Waals surface area contributed by atoms with Gasteiger partial charge in [0.15, 0.2) is 5.78 Å². The summed E-state index contributed by atoms with van der Waals surface area (Å²) in [7, 11) is 1.20. The summed E-state index contributed by atoms with van der Waals surface area (Å²) in [5.41, 5.74) is -1.65. The average molecular weight is 245 g/mol. The minimum atomic E-state index is -3.01. The smallest absolute Gasteiger partial charge is 0.279 e. The molecule has 17 heavy (non-hydrogen) atoms. The zero-order valence-electron chi connectivity index (χ0n) is 9.07. The molecule has 5 nitrogen and oxygen atoms in total. The molecule has 7 heteroatoms. The van der Waals surface area contributed by atoms with E-state index in [1.54, 1.807) is 0 Å². The van der Waals surface area contributed by atoms with Crippen molar-refractivity contribution >= 4 is 11.5 Å². The maximum absolute atomic E-state index is 12.6. The van der Waals surface area contributed by atoms with Gasteiger partial charge in [0.2, 0.25) is 0 Å². The lowest BCUT2D eigenvalue weighted by molar-refractivity contribution is -0.386. The van der Waals surface area contributed by atoms with Gasteiger partial charge in [-0.05, 0) is 13.0 Å². The van der Waals surface area contributed by atoms with Gasteiger partial charge in [0.25, 0.3) is 12.1 Å². The first-order valence-electron chi connectivity index (χ1n) is 4.54. The van der Waals surface area contributed by atoms with E-state index in [2.05, 4.69) is 0 Å². The zero-order chi connectivity index (χ0) is 13.2. The molecular weight excluding hydrogens is 236 g/mol. The Bertz CT molecular complexity index is 474. The first-order chi connectivity index (χ1) is 7.88. The highest BCUT2D eigenvalue weighted by atomic mass is 19.3. The Kier molecular flexibility index (Phi) is 3.72. The van der Waals surface area contributed by atoms with Gasteiger partial charge in [0, 0.05) is 6.07 Å². The van der Waals surface area contributed by atoms with Crippen molar-refractivity contribution in [1.82, 2.24) is 0 Å². The number of alkyl halides is 2. The van der Waals surface area contributed by atoms with Crippen molar-refractivity contribution in [2.45, 2.75) is 13.3 Å². The van der Waals surface area contributed by atoms with Crippen molar-refractivity contribution in [1.29, 1.82) is 0 Å². The lowest BCUT2D eigenvalue weighted by Crippen LogP contribution is -2.03. The molecule has 0 fully saturated rings. The third kappa shape index (κ3) is 2.55. The van der Waals surface area contributed by atoms with Gasteiger partial charge in [-0.1, -0.05) is 0 Å². The van der Waals surface area contributed by atoms with E-state index in [9.17, 15) is 23.7 Å². The third-order valence-electron chi connectivity index (χ3n) is 2.16. The Balaban J connectivity index is 3.53. The van der Waals surface area contributed by atoms with Crippen LogP contribution < -0.4 is 4.74 Å². The first-order valence-corrected chi connectivity index (χ1v) is 4.54. The molecule has 0 radical (unpaired) electrons. The number of hydrogen-bond acceptors (Lipinski definition) is 4. The monoisotopic (exact) mass is 245 g/mol. The Hall–Kier alpha value is -2.05. The van der Waals surface area contributed by atoms with Gasteiger partial charge in [-0.15, -0.1) is 0 Å². The second kappa shape index (κ2) is 4.86. The van der Waals surface area contributed by atoms with E-state index < -0.39 is 28.4 Å². The number of ketones is 1. The van der Waals surface area contributed by atoms with E-state index >= 15 is 0 Å². The highest BCUT2D eigenvalue weighted by molar-refractivity contribution is 5.97. The number of carbonyl (C=O) groups excluding carboxylic acids is 1. The van der Waals surface area contributed by atoms with Gasteiger partial charge >= 0.3 is 0 Å². The average Bonchev–Trinajstić information content (AvgIpc) is 2.26. The molecule has 0 saturated heterocycles. The Morgan fingerprint density at radius 3 is 2.41 bits per heavy atom. The number of nitrogens with zero attached hydrogens (tertiary/aromatic N) is 1. The molecule has 0 bridgehead atoms. The van der Waals surface area contributed by atoms with Crippen LogP contribution >= 0.6 is 0 Å². The van der Waals surface area contributed by atoms with Crippen molar-refractivity contribution in [2.24, 2.45) is 0 Å². The fraction of sp³-hybridized carbons (Fsp3) is 0.300. The number of halogens is 2. The lowest BCUT2D eigenvalue weighted by Gasteiger charge is -2.09. The van der Waals surface area contributed by atoms with Gasteiger partial charge in [0.05, 0.1) is 23.2 Å². The van der Waals surface area contributed by atoms with E-state index in [-0.39, 0.29) is 11.3 Å². The standard InChI is InChI=1S/C10H9F2NO4/c1-5(14)6-3-8(13(15)16)7(10(11)12)4-9(6)17-2/h3-4,10H,1-2H3. The quantitative estimate of drug-likeness (QED) is 0.464. The fourth-order valence-electron chi connectivity index (χ4n) is 1.36. The minimum Gasteiger partial charge on any atom is -0.496 e. The van der Waals surface area contributed by atoms with Gasteiger partial charge in [-0.25, -0.2) is 8.78 Å². The molecular formula is C10H9F2NO4. The summed E-state index contributed by atoms with van der Waals surface area (Å²) >= 11 is 0. The van der Waals surface area contributed by atoms with Crippen LogP contribution in [0.2, 0.25) is 0 Å². The molecule has 0 unspecified atom stereocenters. The summed E-state index contributed by atoms with van der Waals surface area (Å²) in [6.07, 6.45) is -3.01. The number of hydrogen-bond donors (Lipinski definition) is 0. The molecule has 0 aliphatic rings. The Morgan fingerprint density at radius 1 is 1.47 bits per heavy atom. The van der Waals surface area contributed by atoms with Crippen molar-refractivity contribution in [2.75, 3.05) is 7.11 Å². The molecule has 1 aromatic carbocycles. The van der Waals surface area contributed by atoms with Gasteiger partial charge in [-0.2, -0.15) is 0 Å². The molecule has 1 aromatic rings. The highest BCUT2D eigenvalue weighted by Gasteiger charge is 2.25. The summed E-state index contributed by atoms with van der Waals surface area (Å²) in [6.45, 7) is 1.17. The number of ether oxygens (including phenoxy) is 1. The second-order valence-corrected chi connectivity index (χ2v) is 3.23. The SMILES string of the molecule is COc1cc(C(F)F)c([N+](=O)[O-])cc1C(C)=O. The largest absolute Gasteiger partial charge is 0.496 e. The molecule has 0 aliphatic heterocycles. The molecule has 0 saturated carbocycles. The molecule has 0 amide bonds. The predicted molar refractivity (Wildman–Crippen MR) is 54.6 cm³/mol. The lowest BCUT2D eigenvalue weighted by atomic mass is 10.1. The zero-order valence-corrected chi connectivity index (χ0v) is 9.07. The second-order valence-electron chi connectivity index (χ2n) is 3.23. The van der Waals surface area contributed by atoms with Crippen LogP contribution in [0.15, 0.2) is 12.1 Å². The van der Waals surface area contributed by atoms with Crippen LogP contribution in [0.1, 0.15) is 29.3 Å². The molecule has 1 rings (SSSR count). The third-order valence-corrected chi connectivity index (χ3v) is 2.16. The molecule has 0 aromatic heterocycles. The van der Waals surface area contributed by atoms with Crippen LogP contribution in [0.3, 0.4) is 0 Å². The van der Waals surface area contributed by atoms with Crippen LogP contribution in [0.4, 0.5) is 14.5 Å². The fourth-order valence-corrected chi connectivity index (χ4v) is 1.36. The topological polar surface area (TPSA) is 69.4 Å². The van der Waals surface area contributed by atoms with Crippen LogP contribution in [-0.2, 0) is 0 Å². The van der Waals surface area contributed by atoms with E-state index in [1.807, 2.05) is 0 Å². The normalized spacial score (nSPS) is 10.4.